The minimum atomic E-state index is 0.450. The summed E-state index contributed by atoms with van der Waals surface area (Å²) >= 11 is 0. The maximum atomic E-state index is 5.93. The average Bonchev–Trinajstić information content (AvgIpc) is 2.49. The maximum Gasteiger partial charge on any atom is 0.118 e. The molecule has 4 nitrogen and oxygen atoms in total. The maximum absolute atomic E-state index is 5.93. The molecule has 1 aliphatic heterocycles. The predicted octanol–water partition coefficient (Wildman–Crippen LogP) is 1.90. The summed E-state index contributed by atoms with van der Waals surface area (Å²) in [7, 11) is 3.83. The number of hydrogen-bond acceptors (Lipinski definition) is 4. The Kier molecular flexibility index (Phi) is 6.30. The zero-order chi connectivity index (χ0) is 14.2. The van der Waals surface area contributed by atoms with Crippen LogP contribution in [-0.2, 0) is 11.3 Å². The third kappa shape index (κ3) is 5.12. The molecule has 1 aromatic rings. The van der Waals surface area contributed by atoms with Crippen molar-refractivity contribution >= 4 is 0 Å². The summed E-state index contributed by atoms with van der Waals surface area (Å²) in [6.07, 6.45) is 2.73. The lowest BCUT2D eigenvalue weighted by atomic mass is 10.1. The van der Waals surface area contributed by atoms with Crippen molar-refractivity contribution in [3.63, 3.8) is 0 Å². The highest BCUT2D eigenvalue weighted by Gasteiger charge is 2.13. The summed E-state index contributed by atoms with van der Waals surface area (Å²) < 4.78 is 11.1. The Morgan fingerprint density at radius 1 is 1.20 bits per heavy atom. The molecule has 20 heavy (non-hydrogen) atoms. The van der Waals surface area contributed by atoms with Gasteiger partial charge in [-0.15, -0.1) is 0 Å². The molecule has 0 saturated carbocycles. The van der Waals surface area contributed by atoms with Crippen LogP contribution in [-0.4, -0.2) is 51.4 Å². The van der Waals surface area contributed by atoms with E-state index in [4.69, 9.17) is 9.47 Å². The van der Waals surface area contributed by atoms with Crippen molar-refractivity contribution in [3.05, 3.63) is 29.8 Å². The molecule has 2 rings (SSSR count). The predicted molar refractivity (Wildman–Crippen MR) is 81.2 cm³/mol. The molecule has 0 atom stereocenters. The van der Waals surface area contributed by atoms with E-state index >= 15 is 0 Å². The molecule has 1 aromatic carbocycles. The Bertz CT molecular complexity index is 375. The number of likely N-dealkylation sites (N-methyl/N-ethyl adjacent to an activating group) is 1. The van der Waals surface area contributed by atoms with Crippen LogP contribution >= 0.6 is 0 Å². The molecule has 1 N–H and O–H groups in total. The molecule has 112 valence electrons. The number of rotatable bonds is 7. The second kappa shape index (κ2) is 8.25. The van der Waals surface area contributed by atoms with Crippen molar-refractivity contribution in [2.45, 2.75) is 25.5 Å². The van der Waals surface area contributed by atoms with E-state index in [0.29, 0.717) is 6.10 Å². The van der Waals surface area contributed by atoms with Gasteiger partial charge in [-0.2, -0.15) is 0 Å². The van der Waals surface area contributed by atoms with Gasteiger partial charge in [-0.25, -0.2) is 0 Å². The van der Waals surface area contributed by atoms with Crippen LogP contribution in [0.5, 0.6) is 5.75 Å². The van der Waals surface area contributed by atoms with Gasteiger partial charge >= 0.3 is 0 Å². The number of nitrogens with one attached hydrogen (secondary N) is 1. The van der Waals surface area contributed by atoms with Crippen molar-refractivity contribution in [1.29, 1.82) is 0 Å². The average molecular weight is 278 g/mol. The van der Waals surface area contributed by atoms with E-state index in [1.54, 1.807) is 7.11 Å². The van der Waals surface area contributed by atoms with Crippen LogP contribution in [0, 0.1) is 0 Å². The lowest BCUT2D eigenvalue weighted by Crippen LogP contribution is -2.34. The molecule has 1 heterocycles. The molecular formula is C16H26N2O2. The van der Waals surface area contributed by atoms with E-state index in [0.717, 1.165) is 51.4 Å². The zero-order valence-electron chi connectivity index (χ0n) is 12.6. The first-order chi connectivity index (χ1) is 9.78. The second-order valence-corrected chi connectivity index (χ2v) is 5.41. The van der Waals surface area contributed by atoms with Gasteiger partial charge in [0, 0.05) is 13.1 Å². The van der Waals surface area contributed by atoms with Gasteiger partial charge in [0.05, 0.1) is 19.8 Å². The summed E-state index contributed by atoms with van der Waals surface area (Å²) in [6, 6.07) is 8.25. The Hall–Kier alpha value is -1.10. The van der Waals surface area contributed by atoms with Crippen molar-refractivity contribution in [3.8, 4) is 5.75 Å². The standard InChI is InChI=1S/C16H26N2O2/c1-18(11-12-20-16-7-9-17-10-8-16)13-14-3-5-15(19-2)6-4-14/h3-6,16-17H,7-13H2,1-2H3. The van der Waals surface area contributed by atoms with E-state index in [-0.39, 0.29) is 0 Å². The van der Waals surface area contributed by atoms with Gasteiger partial charge in [0.2, 0.25) is 0 Å². The molecule has 1 fully saturated rings. The molecular weight excluding hydrogens is 252 g/mol. The zero-order valence-corrected chi connectivity index (χ0v) is 12.6. The molecule has 4 heteroatoms. The van der Waals surface area contributed by atoms with Crippen molar-refractivity contribution in [2.75, 3.05) is 40.4 Å². The fourth-order valence-corrected chi connectivity index (χ4v) is 2.46. The number of benzene rings is 1. The summed E-state index contributed by atoms with van der Waals surface area (Å²) in [6.45, 7) is 4.91. The van der Waals surface area contributed by atoms with E-state index in [2.05, 4.69) is 29.4 Å². The van der Waals surface area contributed by atoms with Crippen molar-refractivity contribution < 1.29 is 9.47 Å². The molecule has 0 aromatic heterocycles. The van der Waals surface area contributed by atoms with Crippen LogP contribution in [0.1, 0.15) is 18.4 Å². The SMILES string of the molecule is COc1ccc(CN(C)CCOC2CCNCC2)cc1. The Balaban J connectivity index is 1.65. The van der Waals surface area contributed by atoms with E-state index in [9.17, 15) is 0 Å². The van der Waals surface area contributed by atoms with Crippen LogP contribution in [0.2, 0.25) is 0 Å². The van der Waals surface area contributed by atoms with E-state index in [1.165, 1.54) is 5.56 Å². The molecule has 0 amide bonds. The van der Waals surface area contributed by atoms with Gasteiger partial charge in [0.15, 0.2) is 0 Å². The first-order valence-corrected chi connectivity index (χ1v) is 7.41. The smallest absolute Gasteiger partial charge is 0.118 e. The largest absolute Gasteiger partial charge is 0.497 e. The summed E-state index contributed by atoms with van der Waals surface area (Å²) in [5, 5.41) is 3.36. The van der Waals surface area contributed by atoms with E-state index < -0.39 is 0 Å². The van der Waals surface area contributed by atoms with Gasteiger partial charge < -0.3 is 14.8 Å². The van der Waals surface area contributed by atoms with Crippen LogP contribution in [0.25, 0.3) is 0 Å². The molecule has 1 aliphatic rings. The normalized spacial score (nSPS) is 16.6. The first-order valence-electron chi connectivity index (χ1n) is 7.41. The lowest BCUT2D eigenvalue weighted by Gasteiger charge is -2.24. The molecule has 0 spiro atoms. The van der Waals surface area contributed by atoms with Gasteiger partial charge in [-0.05, 0) is 50.7 Å². The quantitative estimate of drug-likeness (QED) is 0.826. The summed E-state index contributed by atoms with van der Waals surface area (Å²) in [4.78, 5) is 2.29. The van der Waals surface area contributed by atoms with Crippen LogP contribution < -0.4 is 10.1 Å². The van der Waals surface area contributed by atoms with Gasteiger partial charge in [-0.3, -0.25) is 4.90 Å². The molecule has 0 aliphatic carbocycles. The topological polar surface area (TPSA) is 33.7 Å². The Labute approximate surface area is 122 Å². The summed E-state index contributed by atoms with van der Waals surface area (Å²) in [5.41, 5.74) is 1.30. The minimum absolute atomic E-state index is 0.450. The summed E-state index contributed by atoms with van der Waals surface area (Å²) in [5.74, 6) is 0.908. The fraction of sp³-hybridized carbons (Fsp3) is 0.625. The minimum Gasteiger partial charge on any atom is -0.497 e. The second-order valence-electron chi connectivity index (χ2n) is 5.41. The third-order valence-electron chi connectivity index (χ3n) is 3.72. The number of nitrogens with zero attached hydrogens (tertiary/aromatic N) is 1. The lowest BCUT2D eigenvalue weighted by molar-refractivity contribution is 0.0224. The highest BCUT2D eigenvalue weighted by Crippen LogP contribution is 2.12. The number of piperidine rings is 1. The number of methoxy groups -OCH3 is 1. The highest BCUT2D eigenvalue weighted by atomic mass is 16.5. The monoisotopic (exact) mass is 278 g/mol. The fourth-order valence-electron chi connectivity index (χ4n) is 2.46. The van der Waals surface area contributed by atoms with Crippen molar-refractivity contribution in [1.82, 2.24) is 10.2 Å². The molecule has 0 unspecified atom stereocenters. The first kappa shape index (κ1) is 15.3. The Morgan fingerprint density at radius 2 is 1.90 bits per heavy atom. The highest BCUT2D eigenvalue weighted by molar-refractivity contribution is 5.26. The number of ether oxygens (including phenoxy) is 2. The Morgan fingerprint density at radius 3 is 2.55 bits per heavy atom. The molecule has 0 bridgehead atoms. The van der Waals surface area contributed by atoms with Crippen LogP contribution in [0.4, 0.5) is 0 Å². The van der Waals surface area contributed by atoms with Gasteiger partial charge in [-0.1, -0.05) is 12.1 Å². The third-order valence-corrected chi connectivity index (χ3v) is 3.72. The number of hydrogen-bond donors (Lipinski definition) is 1. The van der Waals surface area contributed by atoms with Crippen LogP contribution in [0.3, 0.4) is 0 Å². The van der Waals surface area contributed by atoms with Crippen molar-refractivity contribution in [2.24, 2.45) is 0 Å². The van der Waals surface area contributed by atoms with Crippen LogP contribution in [0.15, 0.2) is 24.3 Å². The van der Waals surface area contributed by atoms with E-state index in [1.807, 2.05) is 12.1 Å². The molecule has 0 radical (unpaired) electrons. The van der Waals surface area contributed by atoms with Gasteiger partial charge in [0.25, 0.3) is 0 Å². The van der Waals surface area contributed by atoms with Gasteiger partial charge in [0.1, 0.15) is 5.75 Å². The molecule has 1 saturated heterocycles.